The van der Waals surface area contributed by atoms with Crippen molar-refractivity contribution in [2.75, 3.05) is 13.7 Å². The fourth-order valence-electron chi connectivity index (χ4n) is 1.75. The Hall–Kier alpha value is -1.00. The van der Waals surface area contributed by atoms with Gasteiger partial charge in [-0.1, -0.05) is 27.5 Å². The van der Waals surface area contributed by atoms with E-state index in [9.17, 15) is 8.42 Å². The van der Waals surface area contributed by atoms with Crippen molar-refractivity contribution in [2.45, 2.75) is 11.7 Å². The first-order valence-electron chi connectivity index (χ1n) is 5.75. The van der Waals surface area contributed by atoms with E-state index in [1.807, 2.05) is 0 Å². The Labute approximate surface area is 135 Å². The summed E-state index contributed by atoms with van der Waals surface area (Å²) < 4.78 is 30.2. The van der Waals surface area contributed by atoms with Crippen LogP contribution in [-0.4, -0.2) is 36.9 Å². The molecule has 0 amide bonds. The smallest absolute Gasteiger partial charge is 0.273 e. The molecule has 0 aliphatic heterocycles. The minimum atomic E-state index is -3.99. The van der Waals surface area contributed by atoms with Crippen LogP contribution in [0, 0.1) is 0 Å². The van der Waals surface area contributed by atoms with E-state index in [2.05, 4.69) is 26.1 Å². The second kappa shape index (κ2) is 6.41. The molecule has 0 saturated carbocycles. The molecule has 0 spiro atoms. The van der Waals surface area contributed by atoms with Crippen molar-refractivity contribution < 1.29 is 13.2 Å². The van der Waals surface area contributed by atoms with E-state index in [1.165, 1.54) is 11.7 Å². The summed E-state index contributed by atoms with van der Waals surface area (Å²) in [6.45, 7) is 0.523. The maximum absolute atomic E-state index is 11.6. The van der Waals surface area contributed by atoms with E-state index in [1.54, 1.807) is 18.2 Å². The summed E-state index contributed by atoms with van der Waals surface area (Å²) in [5.74, 6) is 0.338. The van der Waals surface area contributed by atoms with Gasteiger partial charge in [0.1, 0.15) is 0 Å². The summed E-state index contributed by atoms with van der Waals surface area (Å²) in [6.07, 6.45) is 0. The number of ether oxygens (including phenoxy) is 1. The third-order valence-electron chi connectivity index (χ3n) is 2.66. The van der Waals surface area contributed by atoms with Gasteiger partial charge in [0.2, 0.25) is 0 Å². The number of nitrogens with zero attached hydrogens (tertiary/aromatic N) is 3. The van der Waals surface area contributed by atoms with Crippen LogP contribution in [-0.2, 0) is 21.3 Å². The molecule has 0 saturated heterocycles. The number of hydrogen-bond acceptors (Lipinski definition) is 5. The lowest BCUT2D eigenvalue weighted by atomic mass is 10.2. The number of rotatable bonds is 5. The van der Waals surface area contributed by atoms with Crippen molar-refractivity contribution in [1.82, 2.24) is 14.8 Å². The van der Waals surface area contributed by atoms with E-state index < -0.39 is 10.0 Å². The molecule has 0 aliphatic rings. The Balaban J connectivity index is 2.63. The molecular weight excluding hydrogens is 384 g/mol. The summed E-state index contributed by atoms with van der Waals surface area (Å²) >= 11 is 9.35. The molecule has 0 atom stereocenters. The number of aromatic nitrogens is 3. The van der Waals surface area contributed by atoms with Gasteiger partial charge < -0.3 is 4.74 Å². The minimum absolute atomic E-state index is 0.240. The number of halogens is 2. The zero-order valence-corrected chi connectivity index (χ0v) is 14.1. The molecule has 1 heterocycles. The van der Waals surface area contributed by atoms with E-state index in [4.69, 9.17) is 21.5 Å². The van der Waals surface area contributed by atoms with Crippen LogP contribution in [0.2, 0.25) is 5.02 Å². The van der Waals surface area contributed by atoms with Gasteiger partial charge in [-0.3, -0.25) is 4.57 Å². The summed E-state index contributed by atoms with van der Waals surface area (Å²) in [6, 6.07) is 5.10. The van der Waals surface area contributed by atoms with Crippen LogP contribution in [0.3, 0.4) is 0 Å². The molecule has 0 unspecified atom stereocenters. The summed E-state index contributed by atoms with van der Waals surface area (Å²) in [4.78, 5) is 0. The maximum Gasteiger partial charge on any atom is 0.273 e. The highest BCUT2D eigenvalue weighted by Gasteiger charge is 2.23. The van der Waals surface area contributed by atoms with Crippen molar-refractivity contribution in [2.24, 2.45) is 5.14 Å². The predicted octanol–water partition coefficient (Wildman–Crippen LogP) is 1.65. The Kier molecular flexibility index (Phi) is 4.99. The predicted molar refractivity (Wildman–Crippen MR) is 81.4 cm³/mol. The first-order chi connectivity index (χ1) is 9.84. The van der Waals surface area contributed by atoms with Crippen LogP contribution in [0.4, 0.5) is 0 Å². The molecule has 0 bridgehead atoms. The van der Waals surface area contributed by atoms with Crippen LogP contribution in [0.5, 0.6) is 0 Å². The molecule has 1 aromatic heterocycles. The van der Waals surface area contributed by atoms with Gasteiger partial charge >= 0.3 is 0 Å². The first-order valence-corrected chi connectivity index (χ1v) is 8.46. The highest BCUT2D eigenvalue weighted by Crippen LogP contribution is 2.30. The normalized spacial score (nSPS) is 11.8. The molecule has 2 rings (SSSR count). The lowest BCUT2D eigenvalue weighted by Gasteiger charge is -2.10. The first kappa shape index (κ1) is 16.4. The van der Waals surface area contributed by atoms with Crippen LogP contribution >= 0.6 is 27.5 Å². The fraction of sp³-hybridized carbons (Fsp3) is 0.273. The average molecular weight is 396 g/mol. The van der Waals surface area contributed by atoms with Crippen molar-refractivity contribution in [3.05, 3.63) is 27.7 Å². The van der Waals surface area contributed by atoms with Crippen molar-refractivity contribution in [1.29, 1.82) is 0 Å². The number of hydrogen-bond donors (Lipinski definition) is 1. The number of benzene rings is 1. The third-order valence-corrected chi connectivity index (χ3v) is 4.40. The van der Waals surface area contributed by atoms with Crippen LogP contribution < -0.4 is 5.14 Å². The van der Waals surface area contributed by atoms with Gasteiger partial charge in [0, 0.05) is 22.2 Å². The lowest BCUT2D eigenvalue weighted by molar-refractivity contribution is 0.185. The lowest BCUT2D eigenvalue weighted by Crippen LogP contribution is -2.20. The van der Waals surface area contributed by atoms with E-state index in [0.717, 1.165) is 0 Å². The Bertz CT molecular complexity index is 763. The molecule has 2 N–H and O–H groups in total. The summed E-state index contributed by atoms with van der Waals surface area (Å²) in [5.41, 5.74) is 0.612. The second-order valence-electron chi connectivity index (χ2n) is 4.12. The molecule has 0 aliphatic carbocycles. The highest BCUT2D eigenvalue weighted by molar-refractivity contribution is 9.10. The average Bonchev–Trinajstić information content (AvgIpc) is 2.82. The standard InChI is InChI=1S/C11H12BrClN4O3S/c1-20-5-4-17-10(15-16-11(17)21(14,18)19)8-6-7(13)2-3-9(8)12/h2-3,6H,4-5H2,1H3,(H2,14,18,19). The quantitative estimate of drug-likeness (QED) is 0.830. The van der Waals surface area contributed by atoms with Gasteiger partial charge in [0.05, 0.1) is 13.2 Å². The van der Waals surface area contributed by atoms with Gasteiger partial charge in [-0.25, -0.2) is 13.6 Å². The number of primary sulfonamides is 1. The largest absolute Gasteiger partial charge is 0.383 e. The monoisotopic (exact) mass is 394 g/mol. The molecule has 0 fully saturated rings. The number of nitrogens with two attached hydrogens (primary N) is 1. The number of sulfonamides is 1. The SMILES string of the molecule is COCCn1c(-c2cc(Cl)ccc2Br)nnc1S(N)(=O)=O. The van der Waals surface area contributed by atoms with Gasteiger partial charge in [0.15, 0.2) is 5.82 Å². The van der Waals surface area contributed by atoms with Crippen molar-refractivity contribution in [3.63, 3.8) is 0 Å². The molecule has 10 heteroatoms. The summed E-state index contributed by atoms with van der Waals surface area (Å²) in [7, 11) is -2.48. The Morgan fingerprint density at radius 1 is 1.43 bits per heavy atom. The Morgan fingerprint density at radius 3 is 2.76 bits per heavy atom. The molecule has 7 nitrogen and oxygen atoms in total. The fourth-order valence-corrected chi connectivity index (χ4v) is 2.99. The van der Waals surface area contributed by atoms with Crippen LogP contribution in [0.25, 0.3) is 11.4 Å². The third kappa shape index (κ3) is 3.61. The molecule has 114 valence electrons. The summed E-state index contributed by atoms with van der Waals surface area (Å²) in [5, 5.41) is 12.9. The molecular formula is C11H12BrClN4O3S. The van der Waals surface area contributed by atoms with Crippen molar-refractivity contribution in [3.8, 4) is 11.4 Å². The van der Waals surface area contributed by atoms with Gasteiger partial charge in [-0.15, -0.1) is 10.2 Å². The molecule has 21 heavy (non-hydrogen) atoms. The molecule has 0 radical (unpaired) electrons. The van der Waals surface area contributed by atoms with Gasteiger partial charge in [-0.05, 0) is 18.2 Å². The zero-order valence-electron chi connectivity index (χ0n) is 11.0. The minimum Gasteiger partial charge on any atom is -0.383 e. The highest BCUT2D eigenvalue weighted by atomic mass is 79.9. The van der Waals surface area contributed by atoms with E-state index in [-0.39, 0.29) is 18.3 Å². The molecule has 1 aromatic carbocycles. The number of methoxy groups -OCH3 is 1. The van der Waals surface area contributed by atoms with Gasteiger partial charge in [0.25, 0.3) is 15.2 Å². The van der Waals surface area contributed by atoms with Crippen molar-refractivity contribution >= 4 is 37.6 Å². The second-order valence-corrected chi connectivity index (χ2v) is 6.87. The zero-order chi connectivity index (χ0) is 15.6. The van der Waals surface area contributed by atoms with Gasteiger partial charge in [-0.2, -0.15) is 0 Å². The van der Waals surface area contributed by atoms with Crippen LogP contribution in [0.1, 0.15) is 0 Å². The van der Waals surface area contributed by atoms with E-state index >= 15 is 0 Å². The maximum atomic E-state index is 11.6. The van der Waals surface area contributed by atoms with Crippen LogP contribution in [0.15, 0.2) is 27.8 Å². The Morgan fingerprint density at radius 2 is 2.14 bits per heavy atom. The molecule has 2 aromatic rings. The van der Waals surface area contributed by atoms with E-state index in [0.29, 0.717) is 20.9 Å². The topological polar surface area (TPSA) is 100 Å².